The summed E-state index contributed by atoms with van der Waals surface area (Å²) in [5, 5.41) is 0. The smallest absolute Gasteiger partial charge is 0.100 e. The van der Waals surface area contributed by atoms with Gasteiger partial charge in [-0.3, -0.25) is 0 Å². The highest BCUT2D eigenvalue weighted by Gasteiger charge is 2.64. The van der Waals surface area contributed by atoms with Crippen molar-refractivity contribution < 1.29 is 0 Å². The van der Waals surface area contributed by atoms with Gasteiger partial charge in [-0.2, -0.15) is 0 Å². The summed E-state index contributed by atoms with van der Waals surface area (Å²) >= 11 is 0. The maximum absolute atomic E-state index is 4.70. The zero-order valence-electron chi connectivity index (χ0n) is 19.3. The first kappa shape index (κ1) is 19.1. The van der Waals surface area contributed by atoms with Crippen molar-refractivity contribution in [1.29, 1.82) is 0 Å². The number of allylic oxidation sites excluding steroid dienone is 2. The molecule has 4 heteroatoms. The molecule has 7 atom stereocenters. The standard InChI is InChI=1S/C28H34N4/c1-27-12-5-13-28(27,2)26(31-15-14-29-17-31)16-21-19-9-11-24(20(19)8-10-22(21)27)32-18-30-23-6-3-4-7-25(23)32/h3-4,6-7,11,14-15,17-22,26H,5,8-10,12-13,16H2,1-2H3/t19?,20?,21?,22?,26-,27-,28?/m1/s1. The quantitative estimate of drug-likeness (QED) is 0.464. The summed E-state index contributed by atoms with van der Waals surface area (Å²) in [6.45, 7) is 5.27. The topological polar surface area (TPSA) is 35.6 Å². The lowest BCUT2D eigenvalue weighted by Gasteiger charge is -2.61. The van der Waals surface area contributed by atoms with Gasteiger partial charge in [0.25, 0.3) is 0 Å². The second kappa shape index (κ2) is 6.59. The van der Waals surface area contributed by atoms with E-state index in [1.165, 1.54) is 56.2 Å². The number of nitrogens with zero attached hydrogens (tertiary/aromatic N) is 4. The van der Waals surface area contributed by atoms with Gasteiger partial charge in [-0.1, -0.05) is 38.5 Å². The molecule has 2 aromatic heterocycles. The fourth-order valence-electron chi connectivity index (χ4n) is 9.04. The average molecular weight is 427 g/mol. The first-order valence-corrected chi connectivity index (χ1v) is 12.7. The Kier molecular flexibility index (Phi) is 3.94. The second-order valence-electron chi connectivity index (χ2n) is 11.5. The molecule has 0 radical (unpaired) electrons. The molecule has 0 aliphatic heterocycles. The lowest BCUT2D eigenvalue weighted by atomic mass is 9.45. The summed E-state index contributed by atoms with van der Waals surface area (Å²) in [6, 6.07) is 9.17. The molecule has 3 aromatic rings. The van der Waals surface area contributed by atoms with Crippen LogP contribution in [0.5, 0.6) is 0 Å². The van der Waals surface area contributed by atoms with Gasteiger partial charge >= 0.3 is 0 Å². The highest BCUT2D eigenvalue weighted by atomic mass is 15.1. The molecule has 0 amide bonds. The van der Waals surface area contributed by atoms with Crippen molar-refractivity contribution >= 4 is 16.7 Å². The minimum atomic E-state index is 0.386. The summed E-state index contributed by atoms with van der Waals surface area (Å²) in [7, 11) is 0. The Bertz CT molecular complexity index is 1190. The maximum Gasteiger partial charge on any atom is 0.100 e. The van der Waals surface area contributed by atoms with Gasteiger partial charge in [-0.25, -0.2) is 9.97 Å². The summed E-state index contributed by atoms with van der Waals surface area (Å²) in [4.78, 5) is 9.16. The predicted octanol–water partition coefficient (Wildman–Crippen LogP) is 6.58. The van der Waals surface area contributed by atoms with E-state index in [2.05, 4.69) is 77.2 Å². The number of benzene rings is 1. The normalized spacial score (nSPS) is 40.7. The minimum Gasteiger partial charge on any atom is -0.334 e. The van der Waals surface area contributed by atoms with Gasteiger partial charge in [-0.05, 0) is 79.2 Å². The number of aromatic nitrogens is 4. The fourth-order valence-corrected chi connectivity index (χ4v) is 9.04. The number of rotatable bonds is 2. The minimum absolute atomic E-state index is 0.386. The number of fused-ring (bicyclic) bond motifs is 6. The maximum atomic E-state index is 4.70. The van der Waals surface area contributed by atoms with Crippen molar-refractivity contribution in [2.24, 2.45) is 34.5 Å². The van der Waals surface area contributed by atoms with Gasteiger partial charge in [0.05, 0.1) is 17.4 Å². The van der Waals surface area contributed by atoms with Crippen molar-refractivity contribution in [2.75, 3.05) is 0 Å². The summed E-state index contributed by atoms with van der Waals surface area (Å²) in [6.07, 6.45) is 20.4. The highest BCUT2D eigenvalue weighted by molar-refractivity contribution is 5.79. The largest absolute Gasteiger partial charge is 0.334 e. The van der Waals surface area contributed by atoms with Crippen LogP contribution in [-0.4, -0.2) is 19.1 Å². The number of imidazole rings is 2. The van der Waals surface area contributed by atoms with Gasteiger partial charge in [-0.15, -0.1) is 0 Å². The van der Waals surface area contributed by atoms with Crippen molar-refractivity contribution in [1.82, 2.24) is 19.1 Å². The zero-order valence-corrected chi connectivity index (χ0v) is 19.3. The Morgan fingerprint density at radius 2 is 1.88 bits per heavy atom. The van der Waals surface area contributed by atoms with E-state index in [4.69, 9.17) is 4.98 Å². The number of para-hydroxylation sites is 2. The van der Waals surface area contributed by atoms with E-state index in [1.807, 2.05) is 6.20 Å². The number of hydrogen-bond donors (Lipinski definition) is 0. The Hall–Kier alpha value is -2.36. The lowest BCUT2D eigenvalue weighted by Crippen LogP contribution is -2.55. The predicted molar refractivity (Wildman–Crippen MR) is 128 cm³/mol. The Balaban J connectivity index is 1.26. The van der Waals surface area contributed by atoms with Gasteiger partial charge in [0.15, 0.2) is 0 Å². The molecule has 3 fully saturated rings. The van der Waals surface area contributed by atoms with Gasteiger partial charge in [0.2, 0.25) is 0 Å². The van der Waals surface area contributed by atoms with Crippen molar-refractivity contribution in [2.45, 2.75) is 64.8 Å². The van der Waals surface area contributed by atoms with Crippen molar-refractivity contribution in [3.8, 4) is 0 Å². The molecule has 4 aliphatic rings. The Labute approximate surface area is 190 Å². The van der Waals surface area contributed by atoms with Gasteiger partial charge in [0, 0.05) is 30.1 Å². The van der Waals surface area contributed by atoms with Gasteiger partial charge in [0.1, 0.15) is 6.33 Å². The summed E-state index contributed by atoms with van der Waals surface area (Å²) in [5.74, 6) is 3.12. The monoisotopic (exact) mass is 426 g/mol. The highest BCUT2D eigenvalue weighted by Crippen LogP contribution is 2.71. The van der Waals surface area contributed by atoms with Gasteiger partial charge < -0.3 is 9.13 Å². The molecule has 2 heterocycles. The third kappa shape index (κ3) is 2.34. The third-order valence-corrected chi connectivity index (χ3v) is 10.7. The molecule has 4 nitrogen and oxygen atoms in total. The zero-order chi connectivity index (χ0) is 21.5. The summed E-state index contributed by atoms with van der Waals surface area (Å²) in [5.41, 5.74) is 4.72. The first-order valence-electron chi connectivity index (χ1n) is 12.7. The fraction of sp³-hybridized carbons (Fsp3) is 0.571. The molecular weight excluding hydrogens is 392 g/mol. The lowest BCUT2D eigenvalue weighted by molar-refractivity contribution is -0.121. The molecule has 0 spiro atoms. The Morgan fingerprint density at radius 3 is 2.75 bits per heavy atom. The van der Waals surface area contributed by atoms with Crippen LogP contribution in [0.2, 0.25) is 0 Å². The molecule has 0 bridgehead atoms. The molecule has 3 saturated carbocycles. The van der Waals surface area contributed by atoms with Crippen LogP contribution in [0.4, 0.5) is 0 Å². The molecule has 0 N–H and O–H groups in total. The average Bonchev–Trinajstić information content (AvgIpc) is 3.58. The molecular formula is C28H34N4. The molecule has 0 saturated heterocycles. The van der Waals surface area contributed by atoms with E-state index < -0.39 is 0 Å². The van der Waals surface area contributed by atoms with Crippen LogP contribution in [0.25, 0.3) is 16.7 Å². The molecule has 32 heavy (non-hydrogen) atoms. The van der Waals surface area contributed by atoms with Crippen LogP contribution < -0.4 is 0 Å². The van der Waals surface area contributed by atoms with Crippen molar-refractivity contribution in [3.63, 3.8) is 0 Å². The van der Waals surface area contributed by atoms with Crippen LogP contribution in [0.15, 0.2) is 55.4 Å². The third-order valence-electron chi connectivity index (χ3n) is 10.7. The first-order chi connectivity index (χ1) is 15.6. The second-order valence-corrected chi connectivity index (χ2v) is 11.5. The molecule has 4 aliphatic carbocycles. The van der Waals surface area contributed by atoms with E-state index in [-0.39, 0.29) is 0 Å². The SMILES string of the molecule is CC12CCC[C@]1(C)C1CCC3C(n4cnc5ccccc54)=CCC3C1C[C@H]2n1ccnc1. The van der Waals surface area contributed by atoms with E-state index >= 15 is 0 Å². The number of hydrogen-bond acceptors (Lipinski definition) is 2. The van der Waals surface area contributed by atoms with E-state index in [1.54, 1.807) is 0 Å². The molecule has 166 valence electrons. The van der Waals surface area contributed by atoms with Crippen LogP contribution in [0.1, 0.15) is 64.8 Å². The van der Waals surface area contributed by atoms with Crippen LogP contribution >= 0.6 is 0 Å². The summed E-state index contributed by atoms with van der Waals surface area (Å²) < 4.78 is 4.87. The van der Waals surface area contributed by atoms with Crippen LogP contribution in [-0.2, 0) is 0 Å². The molecule has 5 unspecified atom stereocenters. The van der Waals surface area contributed by atoms with Crippen LogP contribution in [0.3, 0.4) is 0 Å². The Morgan fingerprint density at radius 1 is 1.00 bits per heavy atom. The van der Waals surface area contributed by atoms with E-state index in [0.717, 1.165) is 23.3 Å². The molecule has 1 aromatic carbocycles. The van der Waals surface area contributed by atoms with E-state index in [9.17, 15) is 0 Å². The van der Waals surface area contributed by atoms with Crippen molar-refractivity contribution in [3.05, 3.63) is 55.4 Å². The molecule has 7 rings (SSSR count). The van der Waals surface area contributed by atoms with E-state index in [0.29, 0.717) is 22.8 Å². The van der Waals surface area contributed by atoms with Crippen LogP contribution in [0, 0.1) is 34.5 Å².